The van der Waals surface area contributed by atoms with Gasteiger partial charge in [-0.2, -0.15) is 0 Å². The van der Waals surface area contributed by atoms with Crippen LogP contribution in [-0.2, 0) is 16.0 Å². The van der Waals surface area contributed by atoms with E-state index >= 15 is 0 Å². The van der Waals surface area contributed by atoms with Crippen LogP contribution >= 0.6 is 0 Å². The predicted molar refractivity (Wildman–Crippen MR) is 70.7 cm³/mol. The zero-order chi connectivity index (χ0) is 14.8. The van der Waals surface area contributed by atoms with Crippen molar-refractivity contribution in [3.8, 4) is 0 Å². The summed E-state index contributed by atoms with van der Waals surface area (Å²) in [5.41, 5.74) is 0.0864. The Morgan fingerprint density at radius 1 is 1.50 bits per heavy atom. The SMILES string of the molecule is CCc1oc(C(=O)NC2(CC(=O)O)CCOC2)cc1C. The van der Waals surface area contributed by atoms with E-state index in [0.717, 1.165) is 11.3 Å². The van der Waals surface area contributed by atoms with Crippen LogP contribution in [0.4, 0.5) is 0 Å². The molecule has 1 amide bonds. The van der Waals surface area contributed by atoms with Gasteiger partial charge in [-0.25, -0.2) is 0 Å². The van der Waals surface area contributed by atoms with E-state index < -0.39 is 11.5 Å². The van der Waals surface area contributed by atoms with E-state index in [0.29, 0.717) is 19.4 Å². The summed E-state index contributed by atoms with van der Waals surface area (Å²) < 4.78 is 10.7. The summed E-state index contributed by atoms with van der Waals surface area (Å²) in [7, 11) is 0. The van der Waals surface area contributed by atoms with Crippen molar-refractivity contribution < 1.29 is 23.8 Å². The molecule has 2 N–H and O–H groups in total. The highest BCUT2D eigenvalue weighted by Crippen LogP contribution is 2.24. The molecule has 0 bridgehead atoms. The molecule has 110 valence electrons. The van der Waals surface area contributed by atoms with Crippen molar-refractivity contribution in [3.05, 3.63) is 23.2 Å². The lowest BCUT2D eigenvalue weighted by atomic mass is 9.94. The summed E-state index contributed by atoms with van der Waals surface area (Å²) in [4.78, 5) is 23.2. The molecule has 6 heteroatoms. The lowest BCUT2D eigenvalue weighted by Crippen LogP contribution is -2.50. The van der Waals surface area contributed by atoms with Gasteiger partial charge < -0.3 is 19.6 Å². The number of aliphatic carboxylic acids is 1. The topological polar surface area (TPSA) is 88.8 Å². The maximum absolute atomic E-state index is 12.2. The molecule has 1 saturated heterocycles. The van der Waals surface area contributed by atoms with Gasteiger partial charge in [-0.1, -0.05) is 6.92 Å². The van der Waals surface area contributed by atoms with Crippen molar-refractivity contribution in [2.75, 3.05) is 13.2 Å². The number of carbonyl (C=O) groups is 2. The minimum absolute atomic E-state index is 0.154. The molecule has 0 aliphatic carbocycles. The van der Waals surface area contributed by atoms with Crippen molar-refractivity contribution in [1.29, 1.82) is 0 Å². The van der Waals surface area contributed by atoms with E-state index in [9.17, 15) is 9.59 Å². The average Bonchev–Trinajstić information content (AvgIpc) is 2.95. The fourth-order valence-electron chi connectivity index (χ4n) is 2.46. The Morgan fingerprint density at radius 3 is 2.75 bits per heavy atom. The lowest BCUT2D eigenvalue weighted by molar-refractivity contribution is -0.138. The highest BCUT2D eigenvalue weighted by molar-refractivity contribution is 5.92. The van der Waals surface area contributed by atoms with Crippen molar-refractivity contribution >= 4 is 11.9 Å². The molecule has 20 heavy (non-hydrogen) atoms. The molecule has 1 aromatic rings. The predicted octanol–water partition coefficient (Wildman–Crippen LogP) is 1.51. The first-order valence-electron chi connectivity index (χ1n) is 6.67. The van der Waals surface area contributed by atoms with Gasteiger partial charge in [0.1, 0.15) is 5.76 Å². The van der Waals surface area contributed by atoms with E-state index in [4.69, 9.17) is 14.3 Å². The molecule has 1 aliphatic heterocycles. The minimum Gasteiger partial charge on any atom is -0.481 e. The number of aryl methyl sites for hydroxylation is 2. The number of carbonyl (C=O) groups excluding carboxylic acids is 1. The molecule has 1 atom stereocenters. The third-order valence-corrected chi connectivity index (χ3v) is 3.54. The van der Waals surface area contributed by atoms with Crippen molar-refractivity contribution in [3.63, 3.8) is 0 Å². The first-order chi connectivity index (χ1) is 9.46. The number of furan rings is 1. The van der Waals surface area contributed by atoms with Crippen molar-refractivity contribution in [2.45, 2.75) is 38.6 Å². The molecule has 1 unspecified atom stereocenters. The fraction of sp³-hybridized carbons (Fsp3) is 0.571. The number of hydrogen-bond donors (Lipinski definition) is 2. The van der Waals surface area contributed by atoms with E-state index in [1.54, 1.807) is 6.07 Å². The molecule has 0 saturated carbocycles. The van der Waals surface area contributed by atoms with Gasteiger partial charge in [0.05, 0.1) is 18.6 Å². The molecular weight excluding hydrogens is 262 g/mol. The van der Waals surface area contributed by atoms with Gasteiger partial charge in [0.15, 0.2) is 5.76 Å². The van der Waals surface area contributed by atoms with Crippen LogP contribution in [0.2, 0.25) is 0 Å². The first kappa shape index (κ1) is 14.6. The molecule has 1 aliphatic rings. The second-order valence-electron chi connectivity index (χ2n) is 5.18. The van der Waals surface area contributed by atoms with Crippen molar-refractivity contribution in [2.24, 2.45) is 0 Å². The van der Waals surface area contributed by atoms with Gasteiger partial charge in [-0.3, -0.25) is 9.59 Å². The maximum atomic E-state index is 12.2. The molecule has 0 radical (unpaired) electrons. The lowest BCUT2D eigenvalue weighted by Gasteiger charge is -2.26. The summed E-state index contributed by atoms with van der Waals surface area (Å²) in [6.07, 6.45) is 1.05. The van der Waals surface area contributed by atoms with Gasteiger partial charge in [0, 0.05) is 13.0 Å². The van der Waals surface area contributed by atoms with Crippen LogP contribution < -0.4 is 5.32 Å². The number of carboxylic acid groups (broad SMARTS) is 1. The standard InChI is InChI=1S/C14H19NO5/c1-3-10-9(2)6-11(20-10)13(18)15-14(7-12(16)17)4-5-19-8-14/h6H,3-5,7-8H2,1-2H3,(H,15,18)(H,16,17). The summed E-state index contributed by atoms with van der Waals surface area (Å²) in [6, 6.07) is 1.68. The zero-order valence-electron chi connectivity index (χ0n) is 11.7. The molecule has 0 aromatic carbocycles. The van der Waals surface area contributed by atoms with Gasteiger partial charge in [-0.15, -0.1) is 0 Å². The number of nitrogens with one attached hydrogen (secondary N) is 1. The molecule has 1 aromatic heterocycles. The number of ether oxygens (including phenoxy) is 1. The highest BCUT2D eigenvalue weighted by Gasteiger charge is 2.39. The van der Waals surface area contributed by atoms with Crippen LogP contribution in [0.15, 0.2) is 10.5 Å². The summed E-state index contributed by atoms with van der Waals surface area (Å²) >= 11 is 0. The summed E-state index contributed by atoms with van der Waals surface area (Å²) in [5.74, 6) is -0.360. The smallest absolute Gasteiger partial charge is 0.305 e. The Bertz CT molecular complexity index is 514. The quantitative estimate of drug-likeness (QED) is 0.854. The van der Waals surface area contributed by atoms with Gasteiger partial charge >= 0.3 is 5.97 Å². The molecule has 0 spiro atoms. The van der Waals surface area contributed by atoms with Crippen LogP contribution in [0.5, 0.6) is 0 Å². The molecule has 1 fully saturated rings. The largest absolute Gasteiger partial charge is 0.481 e. The number of carboxylic acids is 1. The van der Waals surface area contributed by atoms with Crippen LogP contribution in [0.25, 0.3) is 0 Å². The van der Waals surface area contributed by atoms with E-state index in [2.05, 4.69) is 5.32 Å². The monoisotopic (exact) mass is 281 g/mol. The van der Waals surface area contributed by atoms with Crippen LogP contribution in [-0.4, -0.2) is 35.7 Å². The van der Waals surface area contributed by atoms with Gasteiger partial charge in [-0.05, 0) is 25.0 Å². The Balaban J connectivity index is 2.13. The second kappa shape index (κ2) is 5.66. The minimum atomic E-state index is -0.958. The van der Waals surface area contributed by atoms with Crippen LogP contribution in [0, 0.1) is 6.92 Å². The Hall–Kier alpha value is -1.82. The fourth-order valence-corrected chi connectivity index (χ4v) is 2.46. The number of amides is 1. The van der Waals surface area contributed by atoms with E-state index in [1.807, 2.05) is 13.8 Å². The molecule has 6 nitrogen and oxygen atoms in total. The third-order valence-electron chi connectivity index (χ3n) is 3.54. The summed E-state index contributed by atoms with van der Waals surface area (Å²) in [6.45, 7) is 4.49. The number of hydrogen-bond acceptors (Lipinski definition) is 4. The van der Waals surface area contributed by atoms with Gasteiger partial charge in [0.25, 0.3) is 5.91 Å². The Kier molecular flexibility index (Phi) is 4.13. The van der Waals surface area contributed by atoms with Crippen LogP contribution in [0.1, 0.15) is 41.6 Å². The average molecular weight is 281 g/mol. The van der Waals surface area contributed by atoms with E-state index in [1.165, 1.54) is 0 Å². The van der Waals surface area contributed by atoms with Gasteiger partial charge in [0.2, 0.25) is 0 Å². The summed E-state index contributed by atoms with van der Waals surface area (Å²) in [5, 5.41) is 11.7. The molecule has 2 heterocycles. The van der Waals surface area contributed by atoms with Crippen molar-refractivity contribution in [1.82, 2.24) is 5.32 Å². The van der Waals surface area contributed by atoms with Crippen LogP contribution in [0.3, 0.4) is 0 Å². The van der Waals surface area contributed by atoms with E-state index in [-0.39, 0.29) is 24.7 Å². The Labute approximate surface area is 117 Å². The zero-order valence-corrected chi connectivity index (χ0v) is 11.7. The highest BCUT2D eigenvalue weighted by atomic mass is 16.5. The molecule has 2 rings (SSSR count). The molecular formula is C14H19NO5. The maximum Gasteiger partial charge on any atom is 0.305 e. The first-order valence-corrected chi connectivity index (χ1v) is 6.67. The Morgan fingerprint density at radius 2 is 2.25 bits per heavy atom. The number of rotatable bonds is 5. The second-order valence-corrected chi connectivity index (χ2v) is 5.18. The normalized spacial score (nSPS) is 21.9. The third kappa shape index (κ3) is 3.01.